The molecule has 0 aromatic heterocycles. The fourth-order valence-electron chi connectivity index (χ4n) is 1.71. The lowest BCUT2D eigenvalue weighted by Gasteiger charge is -2.10. The van der Waals surface area contributed by atoms with E-state index in [1.54, 1.807) is 6.92 Å². The summed E-state index contributed by atoms with van der Waals surface area (Å²) >= 11 is 0. The molecule has 0 heterocycles. The number of esters is 2. The van der Waals surface area contributed by atoms with Gasteiger partial charge in [0.25, 0.3) is 0 Å². The van der Waals surface area contributed by atoms with E-state index in [0.717, 1.165) is 25.7 Å². The zero-order valence-electron chi connectivity index (χ0n) is 10.1. The molecule has 96 valence electrons. The van der Waals surface area contributed by atoms with Crippen LogP contribution in [-0.4, -0.2) is 24.6 Å². The zero-order chi connectivity index (χ0) is 12.7. The smallest absolute Gasteiger partial charge is 0.332 e. The highest BCUT2D eigenvalue weighted by molar-refractivity contribution is 5.82. The molecule has 17 heavy (non-hydrogen) atoms. The van der Waals surface area contributed by atoms with Gasteiger partial charge in [-0.3, -0.25) is 4.79 Å². The highest BCUT2D eigenvalue weighted by Gasteiger charge is 2.19. The lowest BCUT2D eigenvalue weighted by molar-refractivity contribution is -0.151. The molecule has 0 aliphatic heterocycles. The molecule has 2 N–H and O–H groups in total. The third-order valence-corrected chi connectivity index (χ3v) is 2.50. The van der Waals surface area contributed by atoms with Crippen LogP contribution in [0.1, 0.15) is 39.0 Å². The summed E-state index contributed by atoms with van der Waals surface area (Å²) in [5, 5.41) is 0. The minimum Gasteiger partial charge on any atom is -0.462 e. The molecule has 0 atom stereocenters. The predicted octanol–water partition coefficient (Wildman–Crippen LogP) is 1.27. The number of rotatable bonds is 5. The van der Waals surface area contributed by atoms with E-state index < -0.39 is 5.97 Å². The fraction of sp³-hybridized carbons (Fsp3) is 0.667. The minimum atomic E-state index is -0.529. The van der Waals surface area contributed by atoms with Crippen LogP contribution >= 0.6 is 0 Å². The van der Waals surface area contributed by atoms with Gasteiger partial charge in [0.05, 0.1) is 6.42 Å². The second-order valence-electron chi connectivity index (χ2n) is 4.20. The topological polar surface area (TPSA) is 78.6 Å². The molecular weight excluding hydrogens is 222 g/mol. The lowest BCUT2D eigenvalue weighted by Crippen LogP contribution is -2.17. The minimum absolute atomic E-state index is 0.0359. The average Bonchev–Trinajstić information content (AvgIpc) is 2.69. The van der Waals surface area contributed by atoms with Crippen molar-refractivity contribution in [3.05, 3.63) is 11.8 Å². The molecule has 1 aliphatic rings. The van der Waals surface area contributed by atoms with Crippen molar-refractivity contribution in [3.63, 3.8) is 0 Å². The molecule has 0 amide bonds. The maximum absolute atomic E-state index is 11.3. The first-order valence-corrected chi connectivity index (χ1v) is 5.88. The molecule has 0 aromatic rings. The molecule has 1 fully saturated rings. The molecule has 5 nitrogen and oxygen atoms in total. The van der Waals surface area contributed by atoms with E-state index in [1.807, 2.05) is 0 Å². The van der Waals surface area contributed by atoms with Crippen LogP contribution in [0.4, 0.5) is 0 Å². The number of hydrogen-bond donors (Lipinski definition) is 1. The molecule has 0 radical (unpaired) electrons. The van der Waals surface area contributed by atoms with Gasteiger partial charge in [0.2, 0.25) is 0 Å². The Hall–Kier alpha value is -1.52. The van der Waals surface area contributed by atoms with Crippen LogP contribution in [-0.2, 0) is 19.1 Å². The maximum atomic E-state index is 11.3. The number of allylic oxidation sites excluding steroid dienone is 1. The van der Waals surface area contributed by atoms with E-state index in [0.29, 0.717) is 5.70 Å². The van der Waals surface area contributed by atoms with E-state index in [2.05, 4.69) is 0 Å². The van der Waals surface area contributed by atoms with E-state index in [-0.39, 0.29) is 25.1 Å². The predicted molar refractivity (Wildman–Crippen MR) is 61.9 cm³/mol. The van der Waals surface area contributed by atoms with Crippen LogP contribution in [0.2, 0.25) is 0 Å². The van der Waals surface area contributed by atoms with Crippen molar-refractivity contribution in [2.24, 2.45) is 5.73 Å². The number of nitrogens with two attached hydrogens (primary N) is 1. The summed E-state index contributed by atoms with van der Waals surface area (Å²) in [5.74, 6) is -0.836. The lowest BCUT2D eigenvalue weighted by atomic mass is 10.3. The van der Waals surface area contributed by atoms with Crippen molar-refractivity contribution >= 4 is 11.9 Å². The van der Waals surface area contributed by atoms with Crippen LogP contribution in [0.3, 0.4) is 0 Å². The van der Waals surface area contributed by atoms with E-state index in [9.17, 15) is 9.59 Å². The summed E-state index contributed by atoms with van der Waals surface area (Å²) in [6.07, 6.45) is 5.47. The van der Waals surface area contributed by atoms with Gasteiger partial charge < -0.3 is 15.2 Å². The Morgan fingerprint density at radius 3 is 2.59 bits per heavy atom. The number of carbonyl (C=O) groups excluding carboxylic acids is 2. The van der Waals surface area contributed by atoms with Crippen molar-refractivity contribution in [2.45, 2.75) is 45.1 Å². The van der Waals surface area contributed by atoms with Crippen LogP contribution in [0.15, 0.2) is 11.8 Å². The Bertz CT molecular complexity index is 302. The zero-order valence-corrected chi connectivity index (χ0v) is 10.1. The van der Waals surface area contributed by atoms with Crippen molar-refractivity contribution in [1.29, 1.82) is 0 Å². The second kappa shape index (κ2) is 6.93. The van der Waals surface area contributed by atoms with Crippen LogP contribution < -0.4 is 5.73 Å². The maximum Gasteiger partial charge on any atom is 0.332 e. The fourth-order valence-corrected chi connectivity index (χ4v) is 1.71. The monoisotopic (exact) mass is 241 g/mol. The van der Waals surface area contributed by atoms with Gasteiger partial charge >= 0.3 is 11.9 Å². The van der Waals surface area contributed by atoms with E-state index in [4.69, 9.17) is 15.2 Å². The summed E-state index contributed by atoms with van der Waals surface area (Å²) in [7, 11) is 0. The van der Waals surface area contributed by atoms with Crippen molar-refractivity contribution in [2.75, 3.05) is 6.61 Å². The summed E-state index contributed by atoms with van der Waals surface area (Å²) in [5.41, 5.74) is 5.68. The van der Waals surface area contributed by atoms with Gasteiger partial charge in [-0.15, -0.1) is 0 Å². The first-order chi connectivity index (χ1) is 8.08. The van der Waals surface area contributed by atoms with Crippen molar-refractivity contribution in [1.82, 2.24) is 0 Å². The van der Waals surface area contributed by atoms with E-state index >= 15 is 0 Å². The first-order valence-electron chi connectivity index (χ1n) is 5.88. The molecule has 1 saturated carbocycles. The number of hydrogen-bond acceptors (Lipinski definition) is 5. The normalized spacial score (nSPS) is 16.9. The van der Waals surface area contributed by atoms with Crippen molar-refractivity contribution in [3.8, 4) is 0 Å². The SMILES string of the molecule is C/C(N)=C/C(=O)OCCC(=O)OC1CCCC1. The third kappa shape index (κ3) is 5.94. The Balaban J connectivity index is 2.11. The Labute approximate surface area is 101 Å². The highest BCUT2D eigenvalue weighted by atomic mass is 16.6. The van der Waals surface area contributed by atoms with Gasteiger partial charge in [0.1, 0.15) is 12.7 Å². The van der Waals surface area contributed by atoms with Crippen molar-refractivity contribution < 1.29 is 19.1 Å². The highest BCUT2D eigenvalue weighted by Crippen LogP contribution is 2.21. The molecule has 1 rings (SSSR count). The standard InChI is InChI=1S/C12H19NO4/c1-9(13)8-12(15)16-7-6-11(14)17-10-4-2-3-5-10/h8,10H,2-7,13H2,1H3/b9-8-. The largest absolute Gasteiger partial charge is 0.462 e. The third-order valence-electron chi connectivity index (χ3n) is 2.50. The van der Waals surface area contributed by atoms with E-state index in [1.165, 1.54) is 6.08 Å². The molecule has 0 aromatic carbocycles. The molecule has 0 bridgehead atoms. The van der Waals surface area contributed by atoms with Crippen LogP contribution in [0.5, 0.6) is 0 Å². The summed E-state index contributed by atoms with van der Waals surface area (Å²) in [4.78, 5) is 22.4. The summed E-state index contributed by atoms with van der Waals surface area (Å²) < 4.78 is 10.00. The number of ether oxygens (including phenoxy) is 2. The second-order valence-corrected chi connectivity index (χ2v) is 4.20. The van der Waals surface area contributed by atoms with Gasteiger partial charge in [0, 0.05) is 11.8 Å². The molecule has 5 heteroatoms. The van der Waals surface area contributed by atoms with Gasteiger partial charge in [-0.1, -0.05) is 0 Å². The quantitative estimate of drug-likeness (QED) is 0.579. The number of carbonyl (C=O) groups is 2. The van der Waals surface area contributed by atoms with Crippen LogP contribution in [0, 0.1) is 0 Å². The van der Waals surface area contributed by atoms with Gasteiger partial charge in [-0.05, 0) is 32.6 Å². The summed E-state index contributed by atoms with van der Waals surface area (Å²) in [6, 6.07) is 0. The molecule has 0 spiro atoms. The Morgan fingerprint density at radius 1 is 1.35 bits per heavy atom. The Morgan fingerprint density at radius 2 is 2.00 bits per heavy atom. The average molecular weight is 241 g/mol. The Kier molecular flexibility index (Phi) is 5.52. The van der Waals surface area contributed by atoms with Crippen LogP contribution in [0.25, 0.3) is 0 Å². The molecule has 0 saturated heterocycles. The molecular formula is C12H19NO4. The van der Waals surface area contributed by atoms with Gasteiger partial charge in [-0.2, -0.15) is 0 Å². The molecule has 1 aliphatic carbocycles. The van der Waals surface area contributed by atoms with Gasteiger partial charge in [-0.25, -0.2) is 4.79 Å². The van der Waals surface area contributed by atoms with Gasteiger partial charge in [0.15, 0.2) is 0 Å². The first kappa shape index (κ1) is 13.5. The molecule has 0 unspecified atom stereocenters. The summed E-state index contributed by atoms with van der Waals surface area (Å²) in [6.45, 7) is 1.63.